The van der Waals surface area contributed by atoms with Gasteiger partial charge in [-0.1, -0.05) is 82.9 Å². The zero-order valence-corrected chi connectivity index (χ0v) is 18.5. The summed E-state index contributed by atoms with van der Waals surface area (Å²) in [6.07, 6.45) is 11.6. The average molecular weight is 443 g/mol. The molecule has 0 aliphatic rings. The molecule has 30 heavy (non-hydrogen) atoms. The van der Waals surface area contributed by atoms with E-state index in [4.69, 9.17) is 14.4 Å². The normalized spacial score (nSPS) is 12.5. The molecule has 0 saturated carbocycles. The molecule has 8 heteroatoms. The van der Waals surface area contributed by atoms with Crippen molar-refractivity contribution in [2.75, 3.05) is 0 Å². The third-order valence-electron chi connectivity index (χ3n) is 4.97. The van der Waals surface area contributed by atoms with Gasteiger partial charge < -0.3 is 9.84 Å². The van der Waals surface area contributed by atoms with Crippen molar-refractivity contribution in [3.63, 3.8) is 0 Å². The zero-order valence-electron chi connectivity index (χ0n) is 17.7. The quantitative estimate of drug-likeness (QED) is 0.164. The lowest BCUT2D eigenvalue weighted by Crippen LogP contribution is -2.35. The van der Waals surface area contributed by atoms with Gasteiger partial charge in [-0.15, -0.1) is 0 Å². The molecule has 170 valence electrons. The number of carbonyl (C=O) groups excluding carboxylic acids is 1. The van der Waals surface area contributed by atoms with Crippen LogP contribution in [0.5, 0.6) is 5.75 Å². The highest BCUT2D eigenvalue weighted by molar-refractivity contribution is 7.87. The number of carboxylic acids is 1. The van der Waals surface area contributed by atoms with E-state index in [0.29, 0.717) is 6.42 Å². The SMILES string of the molecule is CCCCCCCCCCCCc1ccccc1OC(=O)C(CC(=O)O)S(=O)(=O)O. The third-order valence-corrected chi connectivity index (χ3v) is 6.04. The number of esters is 1. The van der Waals surface area contributed by atoms with Crippen molar-refractivity contribution < 1.29 is 32.4 Å². The van der Waals surface area contributed by atoms with Gasteiger partial charge in [0.1, 0.15) is 5.75 Å². The highest BCUT2D eigenvalue weighted by Crippen LogP contribution is 2.22. The number of para-hydroxylation sites is 1. The summed E-state index contributed by atoms with van der Waals surface area (Å²) in [5, 5.41) is 6.64. The van der Waals surface area contributed by atoms with E-state index >= 15 is 0 Å². The molecule has 0 aromatic heterocycles. The molecule has 0 bridgehead atoms. The maximum atomic E-state index is 12.2. The van der Waals surface area contributed by atoms with Crippen LogP contribution in [-0.2, 0) is 26.1 Å². The van der Waals surface area contributed by atoms with Gasteiger partial charge in [0, 0.05) is 0 Å². The van der Waals surface area contributed by atoms with Gasteiger partial charge in [0.15, 0.2) is 5.25 Å². The Morgan fingerprint density at radius 1 is 0.933 bits per heavy atom. The maximum absolute atomic E-state index is 12.2. The van der Waals surface area contributed by atoms with Gasteiger partial charge >= 0.3 is 11.9 Å². The molecule has 1 aromatic rings. The Morgan fingerprint density at radius 2 is 1.47 bits per heavy atom. The molecule has 0 aliphatic carbocycles. The van der Waals surface area contributed by atoms with Gasteiger partial charge in [0.2, 0.25) is 0 Å². The molecule has 1 aromatic carbocycles. The fourth-order valence-corrected chi connectivity index (χ4v) is 3.90. The number of aryl methyl sites for hydroxylation is 1. The molecular weight excluding hydrogens is 408 g/mol. The number of benzene rings is 1. The summed E-state index contributed by atoms with van der Waals surface area (Å²) in [6.45, 7) is 2.21. The molecule has 1 atom stereocenters. The summed E-state index contributed by atoms with van der Waals surface area (Å²) in [7, 11) is -4.89. The zero-order chi connectivity index (χ0) is 22.4. The highest BCUT2D eigenvalue weighted by Gasteiger charge is 2.35. The second-order valence-electron chi connectivity index (χ2n) is 7.56. The predicted molar refractivity (Wildman–Crippen MR) is 115 cm³/mol. The molecule has 0 amide bonds. The smallest absolute Gasteiger partial charge is 0.332 e. The van der Waals surface area contributed by atoms with Crippen molar-refractivity contribution in [2.45, 2.75) is 89.2 Å². The first-order valence-corrected chi connectivity index (χ1v) is 12.2. The first-order valence-electron chi connectivity index (χ1n) is 10.7. The second kappa shape index (κ2) is 14.1. The van der Waals surface area contributed by atoms with Gasteiger partial charge in [0.25, 0.3) is 10.1 Å². The topological polar surface area (TPSA) is 118 Å². The Morgan fingerprint density at radius 3 is 2.00 bits per heavy atom. The molecule has 1 unspecified atom stereocenters. The van der Waals surface area contributed by atoms with Crippen LogP contribution in [0, 0.1) is 0 Å². The number of carboxylic acid groups (broad SMARTS) is 1. The summed E-state index contributed by atoms with van der Waals surface area (Å²) < 4.78 is 37.0. The van der Waals surface area contributed by atoms with E-state index in [1.54, 1.807) is 18.2 Å². The Hall–Kier alpha value is -1.93. The van der Waals surface area contributed by atoms with E-state index in [0.717, 1.165) is 24.8 Å². The van der Waals surface area contributed by atoms with Crippen LogP contribution in [0.1, 0.15) is 83.1 Å². The minimum atomic E-state index is -4.89. The standard InChI is InChI=1S/C22H34O7S/c1-2-3-4-5-6-7-8-9-10-11-14-18-15-12-13-16-19(18)29-22(25)20(17-21(23)24)30(26,27)28/h12-13,15-16,20H,2-11,14,17H2,1H3,(H,23,24)(H,26,27,28). The van der Waals surface area contributed by atoms with Crippen LogP contribution < -0.4 is 4.74 Å². The van der Waals surface area contributed by atoms with Crippen LogP contribution in [0.15, 0.2) is 24.3 Å². The molecule has 0 aliphatic heterocycles. The van der Waals surface area contributed by atoms with E-state index in [9.17, 15) is 18.0 Å². The minimum Gasteiger partial charge on any atom is -0.481 e. The van der Waals surface area contributed by atoms with E-state index in [2.05, 4.69) is 6.92 Å². The molecular formula is C22H34O7S. The van der Waals surface area contributed by atoms with Crippen LogP contribution >= 0.6 is 0 Å². The van der Waals surface area contributed by atoms with Crippen molar-refractivity contribution >= 4 is 22.1 Å². The molecule has 2 N–H and O–H groups in total. The van der Waals surface area contributed by atoms with E-state index in [1.165, 1.54) is 51.0 Å². The Balaban J connectivity index is 2.48. The van der Waals surface area contributed by atoms with Gasteiger partial charge in [-0.2, -0.15) is 8.42 Å². The lowest BCUT2D eigenvalue weighted by Gasteiger charge is -2.14. The number of unbranched alkanes of at least 4 members (excludes halogenated alkanes) is 9. The molecule has 1 rings (SSSR count). The lowest BCUT2D eigenvalue weighted by molar-refractivity contribution is -0.142. The largest absolute Gasteiger partial charge is 0.481 e. The molecule has 0 fully saturated rings. The molecule has 7 nitrogen and oxygen atoms in total. The van der Waals surface area contributed by atoms with E-state index in [-0.39, 0.29) is 5.75 Å². The van der Waals surface area contributed by atoms with Crippen LogP contribution in [0.25, 0.3) is 0 Å². The summed E-state index contributed by atoms with van der Waals surface area (Å²) in [4.78, 5) is 23.0. The van der Waals surface area contributed by atoms with Gasteiger partial charge in [-0.25, -0.2) is 0 Å². The Labute approximate surface area is 179 Å². The van der Waals surface area contributed by atoms with Crippen LogP contribution in [0.4, 0.5) is 0 Å². The third kappa shape index (κ3) is 10.7. The van der Waals surface area contributed by atoms with Gasteiger partial charge in [-0.3, -0.25) is 14.1 Å². The van der Waals surface area contributed by atoms with Crippen LogP contribution in [-0.4, -0.2) is 35.3 Å². The molecule has 0 radical (unpaired) electrons. The number of rotatable bonds is 16. The first-order chi connectivity index (χ1) is 14.3. The highest BCUT2D eigenvalue weighted by atomic mass is 32.2. The van der Waals surface area contributed by atoms with Crippen molar-refractivity contribution in [3.05, 3.63) is 29.8 Å². The van der Waals surface area contributed by atoms with Crippen LogP contribution in [0.3, 0.4) is 0 Å². The monoisotopic (exact) mass is 442 g/mol. The van der Waals surface area contributed by atoms with Crippen molar-refractivity contribution in [2.24, 2.45) is 0 Å². The number of hydrogen-bond donors (Lipinski definition) is 2. The minimum absolute atomic E-state index is 0.192. The van der Waals surface area contributed by atoms with Crippen LogP contribution in [0.2, 0.25) is 0 Å². The number of carbonyl (C=O) groups is 2. The molecule has 0 spiro atoms. The molecule has 0 saturated heterocycles. The Bertz CT molecular complexity index is 759. The maximum Gasteiger partial charge on any atom is 0.332 e. The van der Waals surface area contributed by atoms with Crippen molar-refractivity contribution in [1.29, 1.82) is 0 Å². The predicted octanol–water partition coefficient (Wildman–Crippen LogP) is 4.79. The van der Waals surface area contributed by atoms with Gasteiger partial charge in [0.05, 0.1) is 6.42 Å². The Kier molecular flexibility index (Phi) is 12.3. The fraction of sp³-hybridized carbons (Fsp3) is 0.636. The van der Waals surface area contributed by atoms with Crippen molar-refractivity contribution in [3.8, 4) is 5.75 Å². The summed E-state index contributed by atoms with van der Waals surface area (Å²) >= 11 is 0. The summed E-state index contributed by atoms with van der Waals surface area (Å²) in [5.41, 5.74) is 0.745. The first kappa shape index (κ1) is 26.1. The second-order valence-corrected chi connectivity index (χ2v) is 9.16. The van der Waals surface area contributed by atoms with E-state index < -0.39 is 33.7 Å². The number of hydrogen-bond acceptors (Lipinski definition) is 5. The average Bonchev–Trinajstić information content (AvgIpc) is 2.67. The summed E-state index contributed by atoms with van der Waals surface area (Å²) in [6, 6.07) is 6.76. The summed E-state index contributed by atoms with van der Waals surface area (Å²) in [5.74, 6) is -2.62. The van der Waals surface area contributed by atoms with Crippen molar-refractivity contribution in [1.82, 2.24) is 0 Å². The number of ether oxygens (including phenoxy) is 1. The molecule has 0 heterocycles. The fourth-order valence-electron chi connectivity index (χ4n) is 3.26. The lowest BCUT2D eigenvalue weighted by atomic mass is 10.0. The number of aliphatic carboxylic acids is 1. The van der Waals surface area contributed by atoms with Gasteiger partial charge in [-0.05, 0) is 24.5 Å². The van der Waals surface area contributed by atoms with E-state index in [1.807, 2.05) is 0 Å².